The van der Waals surface area contributed by atoms with E-state index in [0.29, 0.717) is 6.04 Å². The van der Waals surface area contributed by atoms with Crippen LogP contribution in [0.4, 0.5) is 0 Å². The van der Waals surface area contributed by atoms with Crippen molar-refractivity contribution in [1.82, 2.24) is 15.1 Å². The molecule has 2 heterocycles. The summed E-state index contributed by atoms with van der Waals surface area (Å²) in [7, 11) is 2.21. The number of nitrogens with one attached hydrogen (secondary N) is 1. The molecule has 0 bridgehead atoms. The standard InChI is InChI=1S/C13H25N3O/c1-11-13(17)16(10-7-14-11)9-6-12-5-3-4-8-15(12)2/h11-12,14H,3-10H2,1-2H3. The second-order valence-electron chi connectivity index (χ2n) is 5.42. The first kappa shape index (κ1) is 12.8. The van der Waals surface area contributed by atoms with Crippen LogP contribution in [0.5, 0.6) is 0 Å². The first-order valence-corrected chi connectivity index (χ1v) is 6.91. The van der Waals surface area contributed by atoms with Gasteiger partial charge in [-0.15, -0.1) is 0 Å². The molecule has 98 valence electrons. The average Bonchev–Trinajstić information content (AvgIpc) is 2.33. The van der Waals surface area contributed by atoms with Crippen LogP contribution in [0.15, 0.2) is 0 Å². The van der Waals surface area contributed by atoms with Gasteiger partial charge in [0.1, 0.15) is 0 Å². The van der Waals surface area contributed by atoms with Gasteiger partial charge in [-0.25, -0.2) is 0 Å². The van der Waals surface area contributed by atoms with Crippen molar-refractivity contribution in [3.63, 3.8) is 0 Å². The number of carbonyl (C=O) groups is 1. The highest BCUT2D eigenvalue weighted by Crippen LogP contribution is 2.18. The van der Waals surface area contributed by atoms with E-state index >= 15 is 0 Å². The molecule has 0 radical (unpaired) electrons. The number of hydrogen-bond donors (Lipinski definition) is 1. The molecular formula is C13H25N3O. The van der Waals surface area contributed by atoms with E-state index in [4.69, 9.17) is 0 Å². The molecule has 2 saturated heterocycles. The number of hydrogen-bond acceptors (Lipinski definition) is 3. The molecular weight excluding hydrogens is 214 g/mol. The molecule has 0 aromatic carbocycles. The van der Waals surface area contributed by atoms with Crippen LogP contribution in [0.3, 0.4) is 0 Å². The Morgan fingerprint density at radius 1 is 1.35 bits per heavy atom. The summed E-state index contributed by atoms with van der Waals surface area (Å²) < 4.78 is 0. The molecule has 4 nitrogen and oxygen atoms in total. The lowest BCUT2D eigenvalue weighted by molar-refractivity contribution is -0.135. The van der Waals surface area contributed by atoms with Crippen LogP contribution in [0, 0.1) is 0 Å². The molecule has 0 saturated carbocycles. The predicted octanol–water partition coefficient (Wildman–Crippen LogP) is 0.681. The van der Waals surface area contributed by atoms with Gasteiger partial charge in [-0.1, -0.05) is 6.42 Å². The van der Waals surface area contributed by atoms with Gasteiger partial charge in [-0.05, 0) is 39.8 Å². The van der Waals surface area contributed by atoms with Crippen molar-refractivity contribution in [2.24, 2.45) is 0 Å². The van der Waals surface area contributed by atoms with Gasteiger partial charge in [-0.3, -0.25) is 4.79 Å². The Balaban J connectivity index is 1.78. The van der Waals surface area contributed by atoms with Gasteiger partial charge in [0.25, 0.3) is 0 Å². The molecule has 0 aliphatic carbocycles. The van der Waals surface area contributed by atoms with Gasteiger partial charge >= 0.3 is 0 Å². The fourth-order valence-corrected chi connectivity index (χ4v) is 2.92. The Morgan fingerprint density at radius 3 is 2.94 bits per heavy atom. The number of rotatable bonds is 3. The number of piperazine rings is 1. The Kier molecular flexibility index (Phi) is 4.40. The zero-order valence-electron chi connectivity index (χ0n) is 11.1. The van der Waals surface area contributed by atoms with E-state index in [2.05, 4.69) is 17.3 Å². The lowest BCUT2D eigenvalue weighted by Gasteiger charge is -2.36. The normalized spacial score (nSPS) is 31.9. The van der Waals surface area contributed by atoms with Crippen molar-refractivity contribution in [2.45, 2.75) is 44.7 Å². The van der Waals surface area contributed by atoms with Crippen LogP contribution in [0.2, 0.25) is 0 Å². The Bertz CT molecular complexity index is 269. The van der Waals surface area contributed by atoms with Gasteiger partial charge in [-0.2, -0.15) is 0 Å². The monoisotopic (exact) mass is 239 g/mol. The molecule has 4 heteroatoms. The van der Waals surface area contributed by atoms with Crippen LogP contribution in [-0.4, -0.2) is 61.0 Å². The Labute approximate surface area is 104 Å². The number of amides is 1. The molecule has 2 aliphatic heterocycles. The van der Waals surface area contributed by atoms with Gasteiger partial charge in [0.15, 0.2) is 0 Å². The molecule has 0 spiro atoms. The van der Waals surface area contributed by atoms with Crippen LogP contribution < -0.4 is 5.32 Å². The third-order valence-electron chi connectivity index (χ3n) is 4.17. The number of carbonyl (C=O) groups excluding carboxylic acids is 1. The van der Waals surface area contributed by atoms with E-state index in [0.717, 1.165) is 26.1 Å². The fourth-order valence-electron chi connectivity index (χ4n) is 2.92. The fraction of sp³-hybridized carbons (Fsp3) is 0.923. The lowest BCUT2D eigenvalue weighted by Crippen LogP contribution is -2.54. The van der Waals surface area contributed by atoms with Gasteiger partial charge in [0, 0.05) is 25.7 Å². The van der Waals surface area contributed by atoms with E-state index in [1.54, 1.807) is 0 Å². The zero-order valence-corrected chi connectivity index (χ0v) is 11.1. The minimum absolute atomic E-state index is 0.00726. The van der Waals surface area contributed by atoms with Crippen molar-refractivity contribution in [2.75, 3.05) is 33.2 Å². The van der Waals surface area contributed by atoms with Crippen molar-refractivity contribution in [3.05, 3.63) is 0 Å². The second kappa shape index (κ2) is 5.83. The largest absolute Gasteiger partial charge is 0.340 e. The Morgan fingerprint density at radius 2 is 2.18 bits per heavy atom. The number of piperidine rings is 1. The molecule has 2 unspecified atom stereocenters. The summed E-state index contributed by atoms with van der Waals surface area (Å²) in [5.41, 5.74) is 0. The van der Waals surface area contributed by atoms with E-state index in [1.165, 1.54) is 25.8 Å². The summed E-state index contributed by atoms with van der Waals surface area (Å²) in [6.45, 7) is 5.92. The van der Waals surface area contributed by atoms with E-state index < -0.39 is 0 Å². The molecule has 1 N–H and O–H groups in total. The summed E-state index contributed by atoms with van der Waals surface area (Å²) in [5, 5.41) is 3.21. The first-order valence-electron chi connectivity index (χ1n) is 6.91. The van der Waals surface area contributed by atoms with Gasteiger partial charge < -0.3 is 15.1 Å². The molecule has 2 atom stereocenters. The highest BCUT2D eigenvalue weighted by atomic mass is 16.2. The van der Waals surface area contributed by atoms with Crippen molar-refractivity contribution >= 4 is 5.91 Å². The number of likely N-dealkylation sites (tertiary alicyclic amines) is 1. The van der Waals surface area contributed by atoms with Crippen LogP contribution in [-0.2, 0) is 4.79 Å². The molecule has 1 amide bonds. The lowest BCUT2D eigenvalue weighted by atomic mass is 9.99. The van der Waals surface area contributed by atoms with E-state index in [1.807, 2.05) is 11.8 Å². The quantitative estimate of drug-likeness (QED) is 0.787. The highest BCUT2D eigenvalue weighted by molar-refractivity contribution is 5.82. The first-order chi connectivity index (χ1) is 8.18. The zero-order chi connectivity index (χ0) is 12.3. The van der Waals surface area contributed by atoms with E-state index in [9.17, 15) is 4.79 Å². The summed E-state index contributed by atoms with van der Waals surface area (Å²) >= 11 is 0. The van der Waals surface area contributed by atoms with Crippen LogP contribution in [0.1, 0.15) is 32.6 Å². The van der Waals surface area contributed by atoms with Gasteiger partial charge in [0.05, 0.1) is 6.04 Å². The topological polar surface area (TPSA) is 35.6 Å². The SMILES string of the molecule is CC1NCCN(CCC2CCCCN2C)C1=O. The Hall–Kier alpha value is -0.610. The van der Waals surface area contributed by atoms with Crippen LogP contribution >= 0.6 is 0 Å². The average molecular weight is 239 g/mol. The summed E-state index contributed by atoms with van der Waals surface area (Å²) in [6.07, 6.45) is 5.11. The van der Waals surface area contributed by atoms with Gasteiger partial charge in [0.2, 0.25) is 5.91 Å². The summed E-state index contributed by atoms with van der Waals surface area (Å²) in [5.74, 6) is 0.273. The number of nitrogens with zero attached hydrogens (tertiary/aromatic N) is 2. The second-order valence-corrected chi connectivity index (χ2v) is 5.42. The molecule has 2 rings (SSSR count). The third-order valence-corrected chi connectivity index (χ3v) is 4.17. The van der Waals surface area contributed by atoms with Crippen molar-refractivity contribution < 1.29 is 4.79 Å². The smallest absolute Gasteiger partial charge is 0.239 e. The maximum absolute atomic E-state index is 11.9. The third kappa shape index (κ3) is 3.19. The van der Waals surface area contributed by atoms with Crippen molar-refractivity contribution in [1.29, 1.82) is 0 Å². The molecule has 2 fully saturated rings. The molecule has 17 heavy (non-hydrogen) atoms. The minimum atomic E-state index is 0.00726. The molecule has 2 aliphatic rings. The van der Waals surface area contributed by atoms with Crippen LogP contribution in [0.25, 0.3) is 0 Å². The van der Waals surface area contributed by atoms with E-state index in [-0.39, 0.29) is 11.9 Å². The maximum Gasteiger partial charge on any atom is 0.239 e. The van der Waals surface area contributed by atoms with Crippen molar-refractivity contribution in [3.8, 4) is 0 Å². The molecule has 0 aromatic heterocycles. The maximum atomic E-state index is 11.9. The minimum Gasteiger partial charge on any atom is -0.340 e. The molecule has 0 aromatic rings. The summed E-state index contributed by atoms with van der Waals surface area (Å²) in [6, 6.07) is 0.689. The highest BCUT2D eigenvalue weighted by Gasteiger charge is 2.26. The summed E-state index contributed by atoms with van der Waals surface area (Å²) in [4.78, 5) is 16.4. The predicted molar refractivity (Wildman–Crippen MR) is 68.9 cm³/mol.